The molecule has 0 N–H and O–H groups in total. The number of aromatic nitrogens is 2. The topological polar surface area (TPSA) is 25.8 Å². The Kier molecular flexibility index (Phi) is 2.82. The van der Waals surface area contributed by atoms with Crippen molar-refractivity contribution in [2.75, 3.05) is 0 Å². The van der Waals surface area contributed by atoms with Gasteiger partial charge in [0.05, 0.1) is 22.9 Å². The summed E-state index contributed by atoms with van der Waals surface area (Å²) < 4.78 is 0. The molecule has 1 heterocycles. The van der Waals surface area contributed by atoms with E-state index in [1.54, 1.807) is 12.3 Å². The summed E-state index contributed by atoms with van der Waals surface area (Å²) in [6.07, 6.45) is 5.57. The second kappa shape index (κ2) is 4.27. The van der Waals surface area contributed by atoms with Crippen LogP contribution < -0.4 is 0 Å². The number of allylic oxidation sites excluding steroid dienone is 3. The van der Waals surface area contributed by atoms with Crippen LogP contribution in [0.25, 0.3) is 16.6 Å². The van der Waals surface area contributed by atoms with E-state index >= 15 is 0 Å². The maximum absolute atomic E-state index is 4.58. The van der Waals surface area contributed by atoms with Gasteiger partial charge in [-0.25, -0.2) is 4.98 Å². The zero-order chi connectivity index (χ0) is 11.5. The van der Waals surface area contributed by atoms with E-state index in [4.69, 9.17) is 0 Å². The van der Waals surface area contributed by atoms with E-state index in [1.807, 2.05) is 31.2 Å². The van der Waals surface area contributed by atoms with Crippen LogP contribution in [0.5, 0.6) is 0 Å². The number of rotatable bonds is 2. The first-order valence-corrected chi connectivity index (χ1v) is 5.27. The van der Waals surface area contributed by atoms with Gasteiger partial charge < -0.3 is 0 Å². The van der Waals surface area contributed by atoms with Crippen molar-refractivity contribution < 1.29 is 0 Å². The van der Waals surface area contributed by atoms with Crippen LogP contribution >= 0.6 is 0 Å². The van der Waals surface area contributed by atoms with Gasteiger partial charge in [-0.1, -0.05) is 24.8 Å². The molecule has 0 amide bonds. The summed E-state index contributed by atoms with van der Waals surface area (Å²) in [5.74, 6) is 0. The summed E-state index contributed by atoms with van der Waals surface area (Å²) in [7, 11) is 0. The molecule has 0 saturated carbocycles. The second-order valence-corrected chi connectivity index (χ2v) is 3.70. The van der Waals surface area contributed by atoms with Crippen LogP contribution in [-0.4, -0.2) is 9.97 Å². The molecule has 16 heavy (non-hydrogen) atoms. The molecule has 0 saturated heterocycles. The fourth-order valence-corrected chi connectivity index (χ4v) is 1.63. The van der Waals surface area contributed by atoms with E-state index in [9.17, 15) is 0 Å². The first-order valence-electron chi connectivity index (χ1n) is 5.27. The monoisotopic (exact) mass is 210 g/mol. The maximum atomic E-state index is 4.58. The van der Waals surface area contributed by atoms with Crippen LogP contribution in [0.3, 0.4) is 0 Å². The molecule has 80 valence electrons. The number of aryl methyl sites for hydroxylation is 1. The van der Waals surface area contributed by atoms with Crippen LogP contribution in [0.2, 0.25) is 0 Å². The third-order valence-corrected chi connectivity index (χ3v) is 2.52. The molecule has 0 aliphatic rings. The third-order valence-electron chi connectivity index (χ3n) is 2.52. The van der Waals surface area contributed by atoms with Gasteiger partial charge in [0.25, 0.3) is 0 Å². The molecular weight excluding hydrogens is 196 g/mol. The largest absolute Gasteiger partial charge is 0.252 e. The van der Waals surface area contributed by atoms with Crippen molar-refractivity contribution in [1.29, 1.82) is 0 Å². The highest BCUT2D eigenvalue weighted by atomic mass is 14.8. The van der Waals surface area contributed by atoms with E-state index < -0.39 is 0 Å². The minimum absolute atomic E-state index is 0.871. The summed E-state index contributed by atoms with van der Waals surface area (Å²) in [4.78, 5) is 8.96. The molecule has 0 bridgehead atoms. The average Bonchev–Trinajstić information content (AvgIpc) is 2.30. The molecule has 2 rings (SSSR count). The first-order chi connectivity index (χ1) is 7.74. The molecule has 0 atom stereocenters. The molecule has 2 aromatic rings. The third kappa shape index (κ3) is 1.87. The van der Waals surface area contributed by atoms with E-state index in [2.05, 4.69) is 23.5 Å². The van der Waals surface area contributed by atoms with Gasteiger partial charge in [0.2, 0.25) is 0 Å². The van der Waals surface area contributed by atoms with Crippen molar-refractivity contribution in [3.8, 4) is 0 Å². The lowest BCUT2D eigenvalue weighted by Crippen LogP contribution is -1.91. The van der Waals surface area contributed by atoms with Crippen molar-refractivity contribution in [1.82, 2.24) is 9.97 Å². The number of nitrogens with zero attached hydrogens (tertiary/aromatic N) is 2. The normalized spacial score (nSPS) is 11.8. The van der Waals surface area contributed by atoms with Gasteiger partial charge in [-0.05, 0) is 37.1 Å². The fourth-order valence-electron chi connectivity index (χ4n) is 1.63. The Hall–Kier alpha value is -1.96. The Balaban J connectivity index is 2.63. The van der Waals surface area contributed by atoms with Gasteiger partial charge in [-0.3, -0.25) is 4.98 Å². The van der Waals surface area contributed by atoms with Crippen molar-refractivity contribution in [2.24, 2.45) is 0 Å². The van der Waals surface area contributed by atoms with Crippen molar-refractivity contribution in [2.45, 2.75) is 13.8 Å². The van der Waals surface area contributed by atoms with Gasteiger partial charge in [-0.2, -0.15) is 0 Å². The minimum atomic E-state index is 0.871. The molecule has 0 aliphatic carbocycles. The number of hydrogen-bond donors (Lipinski definition) is 0. The van der Waals surface area contributed by atoms with E-state index in [0.717, 1.165) is 22.3 Å². The zero-order valence-corrected chi connectivity index (χ0v) is 9.57. The van der Waals surface area contributed by atoms with Gasteiger partial charge >= 0.3 is 0 Å². The summed E-state index contributed by atoms with van der Waals surface area (Å²) in [6, 6.07) is 6.08. The maximum Gasteiger partial charge on any atom is 0.0896 e. The molecule has 2 nitrogen and oxygen atoms in total. The van der Waals surface area contributed by atoms with Crippen LogP contribution in [-0.2, 0) is 0 Å². The zero-order valence-electron chi connectivity index (χ0n) is 9.57. The van der Waals surface area contributed by atoms with Gasteiger partial charge in [-0.15, -0.1) is 0 Å². The Labute approximate surface area is 95.4 Å². The lowest BCUT2D eigenvalue weighted by atomic mass is 10.1. The Bertz CT molecular complexity index is 568. The van der Waals surface area contributed by atoms with Crippen molar-refractivity contribution in [3.05, 3.63) is 54.4 Å². The molecule has 0 radical (unpaired) electrons. The number of hydrogen-bond acceptors (Lipinski definition) is 2. The number of fused-ring (bicyclic) bond motifs is 1. The Morgan fingerprint density at radius 1 is 1.31 bits per heavy atom. The predicted molar refractivity (Wildman–Crippen MR) is 68.1 cm³/mol. The quantitative estimate of drug-likeness (QED) is 0.709. The van der Waals surface area contributed by atoms with Crippen LogP contribution in [0.1, 0.15) is 18.2 Å². The van der Waals surface area contributed by atoms with Crippen molar-refractivity contribution in [3.63, 3.8) is 0 Å². The molecule has 0 spiro atoms. The summed E-state index contributed by atoms with van der Waals surface area (Å²) >= 11 is 0. The molecule has 0 fully saturated rings. The van der Waals surface area contributed by atoms with E-state index in [1.165, 1.54) is 5.56 Å². The second-order valence-electron chi connectivity index (χ2n) is 3.70. The van der Waals surface area contributed by atoms with Crippen LogP contribution in [0, 0.1) is 6.92 Å². The highest BCUT2D eigenvalue weighted by molar-refractivity contribution is 5.79. The highest BCUT2D eigenvalue weighted by Gasteiger charge is 2.02. The minimum Gasteiger partial charge on any atom is -0.252 e. The Morgan fingerprint density at radius 3 is 2.81 bits per heavy atom. The smallest absolute Gasteiger partial charge is 0.0896 e. The molecule has 2 heteroatoms. The molecule has 0 aliphatic heterocycles. The lowest BCUT2D eigenvalue weighted by molar-refractivity contribution is 1.24. The van der Waals surface area contributed by atoms with E-state index in [0.29, 0.717) is 0 Å². The SMILES string of the molecule is C=C/C(=C\C)c1cnc2ccc(C)cc2n1. The number of benzene rings is 1. The highest BCUT2D eigenvalue weighted by Crippen LogP contribution is 2.16. The van der Waals surface area contributed by atoms with E-state index in [-0.39, 0.29) is 0 Å². The average molecular weight is 210 g/mol. The van der Waals surface area contributed by atoms with Crippen LogP contribution in [0.15, 0.2) is 43.1 Å². The standard InChI is InChI=1S/C14H14N2/c1-4-11(5-2)14-9-15-12-7-6-10(3)8-13(12)16-14/h4-9H,1H2,2-3H3/b11-5+. The predicted octanol–water partition coefficient (Wildman–Crippen LogP) is 3.53. The first kappa shape index (κ1) is 10.6. The summed E-state index contributed by atoms with van der Waals surface area (Å²) in [5.41, 5.74) is 4.93. The lowest BCUT2D eigenvalue weighted by Gasteiger charge is -2.03. The molecule has 1 aromatic heterocycles. The van der Waals surface area contributed by atoms with Gasteiger partial charge in [0.15, 0.2) is 0 Å². The van der Waals surface area contributed by atoms with Crippen LogP contribution in [0.4, 0.5) is 0 Å². The van der Waals surface area contributed by atoms with Crippen molar-refractivity contribution >= 4 is 16.6 Å². The van der Waals surface area contributed by atoms with Gasteiger partial charge in [0.1, 0.15) is 0 Å². The Morgan fingerprint density at radius 2 is 2.12 bits per heavy atom. The molecule has 0 unspecified atom stereocenters. The molecular formula is C14H14N2. The summed E-state index contributed by atoms with van der Waals surface area (Å²) in [5, 5.41) is 0. The van der Waals surface area contributed by atoms with Gasteiger partial charge in [0, 0.05) is 0 Å². The fraction of sp³-hybridized carbons (Fsp3) is 0.143. The summed E-state index contributed by atoms with van der Waals surface area (Å²) in [6.45, 7) is 7.79. The molecule has 1 aromatic carbocycles.